The highest BCUT2D eigenvalue weighted by Gasteiger charge is 2.16. The van der Waals surface area contributed by atoms with Crippen LogP contribution in [0.5, 0.6) is 0 Å². The number of benzene rings is 2. The Hall–Kier alpha value is -3.72. The molecule has 2 heterocycles. The number of pyridine rings is 1. The number of H-pyrrole nitrogens is 2. The molecule has 0 saturated carbocycles. The zero-order chi connectivity index (χ0) is 19.7. The Morgan fingerprint density at radius 2 is 1.50 bits per heavy atom. The molecule has 4 rings (SSSR count). The first-order valence-electron chi connectivity index (χ1n) is 8.22. The van der Waals surface area contributed by atoms with Crippen molar-refractivity contribution in [2.75, 3.05) is 4.72 Å². The van der Waals surface area contributed by atoms with E-state index in [0.29, 0.717) is 5.69 Å². The first kappa shape index (κ1) is 17.7. The summed E-state index contributed by atoms with van der Waals surface area (Å²) in [5.41, 5.74) is 1.22. The molecule has 0 radical (unpaired) electrons. The molecule has 0 atom stereocenters. The van der Waals surface area contributed by atoms with Crippen molar-refractivity contribution in [3.05, 3.63) is 87.8 Å². The van der Waals surface area contributed by atoms with E-state index in [-0.39, 0.29) is 15.8 Å². The zero-order valence-corrected chi connectivity index (χ0v) is 15.2. The molecule has 28 heavy (non-hydrogen) atoms. The Kier molecular flexibility index (Phi) is 4.28. The van der Waals surface area contributed by atoms with E-state index in [1.165, 1.54) is 18.2 Å². The van der Waals surface area contributed by atoms with Crippen LogP contribution in [0.4, 0.5) is 5.69 Å². The second-order valence-corrected chi connectivity index (χ2v) is 7.72. The molecule has 0 aliphatic heterocycles. The molecule has 140 valence electrons. The smallest absolute Gasteiger partial charge is 0.307 e. The van der Waals surface area contributed by atoms with Gasteiger partial charge in [-0.15, -0.1) is 0 Å². The maximum absolute atomic E-state index is 12.7. The average Bonchev–Trinajstić information content (AvgIpc) is 2.68. The third kappa shape index (κ3) is 3.42. The molecule has 0 bridgehead atoms. The lowest BCUT2D eigenvalue weighted by molar-refractivity contribution is 0.601. The van der Waals surface area contributed by atoms with Crippen LogP contribution in [0.1, 0.15) is 0 Å². The average molecular weight is 394 g/mol. The summed E-state index contributed by atoms with van der Waals surface area (Å²) in [6.07, 6.45) is 3.36. The Morgan fingerprint density at radius 1 is 0.821 bits per heavy atom. The van der Waals surface area contributed by atoms with E-state index in [1.807, 2.05) is 12.1 Å². The predicted octanol–water partition coefficient (Wildman–Crippen LogP) is 2.08. The molecule has 0 unspecified atom stereocenters. The summed E-state index contributed by atoms with van der Waals surface area (Å²) < 4.78 is 27.8. The van der Waals surface area contributed by atoms with Gasteiger partial charge in [-0.25, -0.2) is 13.2 Å². The minimum Gasteiger partial charge on any atom is -0.307 e. The van der Waals surface area contributed by atoms with Crippen LogP contribution in [0.15, 0.2) is 81.5 Å². The molecule has 4 aromatic rings. The van der Waals surface area contributed by atoms with Gasteiger partial charge in [0.15, 0.2) is 0 Å². The molecule has 0 aliphatic rings. The van der Waals surface area contributed by atoms with Crippen molar-refractivity contribution in [2.45, 2.75) is 4.90 Å². The molecule has 8 nitrogen and oxygen atoms in total. The molecule has 0 aliphatic carbocycles. The maximum Gasteiger partial charge on any atom is 0.326 e. The van der Waals surface area contributed by atoms with Crippen LogP contribution in [0.2, 0.25) is 0 Å². The lowest BCUT2D eigenvalue weighted by atomic mass is 10.1. The van der Waals surface area contributed by atoms with Crippen molar-refractivity contribution in [3.8, 4) is 11.1 Å². The van der Waals surface area contributed by atoms with Crippen molar-refractivity contribution >= 4 is 26.6 Å². The molecular formula is C19H14N4O4S. The molecule has 2 aromatic heterocycles. The molecule has 3 N–H and O–H groups in total. The normalized spacial score (nSPS) is 11.4. The lowest BCUT2D eigenvalue weighted by Gasteiger charge is -2.09. The predicted molar refractivity (Wildman–Crippen MR) is 106 cm³/mol. The van der Waals surface area contributed by atoms with Crippen LogP contribution in [0, 0.1) is 0 Å². The van der Waals surface area contributed by atoms with Gasteiger partial charge in [0, 0.05) is 18.1 Å². The van der Waals surface area contributed by atoms with E-state index in [0.717, 1.165) is 11.1 Å². The van der Waals surface area contributed by atoms with Crippen molar-refractivity contribution in [2.24, 2.45) is 0 Å². The number of anilines is 1. The van der Waals surface area contributed by atoms with Crippen molar-refractivity contribution in [3.63, 3.8) is 0 Å². The number of aromatic amines is 2. The number of nitrogens with one attached hydrogen (secondary N) is 3. The minimum atomic E-state index is -3.91. The zero-order valence-electron chi connectivity index (χ0n) is 14.3. The number of rotatable bonds is 4. The Bertz CT molecular complexity index is 1380. The Morgan fingerprint density at radius 3 is 2.21 bits per heavy atom. The van der Waals surface area contributed by atoms with Gasteiger partial charge in [-0.05, 0) is 53.6 Å². The third-order valence-corrected chi connectivity index (χ3v) is 5.55. The van der Waals surface area contributed by atoms with Gasteiger partial charge in [-0.1, -0.05) is 12.1 Å². The van der Waals surface area contributed by atoms with Crippen LogP contribution < -0.4 is 16.0 Å². The van der Waals surface area contributed by atoms with Crippen LogP contribution in [-0.4, -0.2) is 23.4 Å². The summed E-state index contributed by atoms with van der Waals surface area (Å²) in [5, 5.41) is 0.0792. The second-order valence-electron chi connectivity index (χ2n) is 6.03. The van der Waals surface area contributed by atoms with Gasteiger partial charge in [-0.2, -0.15) is 0 Å². The highest BCUT2D eigenvalue weighted by Crippen LogP contribution is 2.23. The number of fused-ring (bicyclic) bond motifs is 1. The quantitative estimate of drug-likeness (QED) is 0.489. The van der Waals surface area contributed by atoms with Gasteiger partial charge in [-0.3, -0.25) is 19.5 Å². The van der Waals surface area contributed by atoms with E-state index < -0.39 is 21.3 Å². The highest BCUT2D eigenvalue weighted by molar-refractivity contribution is 7.92. The van der Waals surface area contributed by atoms with E-state index in [2.05, 4.69) is 19.7 Å². The first-order chi connectivity index (χ1) is 13.4. The summed E-state index contributed by atoms with van der Waals surface area (Å²) in [7, 11) is -3.91. The first-order valence-corrected chi connectivity index (χ1v) is 9.70. The molecule has 0 fully saturated rings. The summed E-state index contributed by atoms with van der Waals surface area (Å²) in [6, 6.07) is 14.5. The van der Waals surface area contributed by atoms with Gasteiger partial charge >= 0.3 is 5.69 Å². The van der Waals surface area contributed by atoms with E-state index in [9.17, 15) is 18.0 Å². The van der Waals surface area contributed by atoms with Gasteiger partial charge in [0.05, 0.1) is 15.8 Å². The fourth-order valence-electron chi connectivity index (χ4n) is 2.80. The van der Waals surface area contributed by atoms with Crippen LogP contribution in [-0.2, 0) is 10.0 Å². The van der Waals surface area contributed by atoms with Crippen molar-refractivity contribution in [1.29, 1.82) is 0 Å². The molecular weight excluding hydrogens is 380 g/mol. The van der Waals surface area contributed by atoms with E-state index >= 15 is 0 Å². The SMILES string of the molecule is O=c1[nH]c(=O)c2cc(S(=O)(=O)Nc3ccc(-c4ccncc4)cc3)ccc2[nH]1. The molecule has 0 amide bonds. The highest BCUT2D eigenvalue weighted by atomic mass is 32.2. The third-order valence-electron chi connectivity index (χ3n) is 4.17. The van der Waals surface area contributed by atoms with Crippen molar-refractivity contribution < 1.29 is 8.42 Å². The maximum atomic E-state index is 12.7. The number of hydrogen-bond donors (Lipinski definition) is 3. The van der Waals surface area contributed by atoms with Crippen LogP contribution >= 0.6 is 0 Å². The number of sulfonamides is 1. The molecule has 0 saturated heterocycles. The van der Waals surface area contributed by atoms with Gasteiger partial charge in [0.2, 0.25) is 0 Å². The minimum absolute atomic E-state index is 0.0792. The summed E-state index contributed by atoms with van der Waals surface area (Å²) in [5.74, 6) is 0. The topological polar surface area (TPSA) is 125 Å². The second kappa shape index (κ2) is 6.78. The molecule has 0 spiro atoms. The van der Waals surface area contributed by atoms with Crippen LogP contribution in [0.25, 0.3) is 22.0 Å². The molecule has 9 heteroatoms. The Labute approximate surface area is 159 Å². The number of hydrogen-bond acceptors (Lipinski definition) is 5. The van der Waals surface area contributed by atoms with E-state index in [4.69, 9.17) is 0 Å². The molecule has 2 aromatic carbocycles. The fraction of sp³-hybridized carbons (Fsp3) is 0. The number of aromatic nitrogens is 3. The Balaban J connectivity index is 1.65. The lowest BCUT2D eigenvalue weighted by Crippen LogP contribution is -2.22. The van der Waals surface area contributed by atoms with Crippen LogP contribution in [0.3, 0.4) is 0 Å². The van der Waals surface area contributed by atoms with E-state index in [1.54, 1.807) is 36.7 Å². The summed E-state index contributed by atoms with van der Waals surface area (Å²) >= 11 is 0. The summed E-state index contributed by atoms with van der Waals surface area (Å²) in [4.78, 5) is 31.6. The van der Waals surface area contributed by atoms with Gasteiger partial charge in [0.1, 0.15) is 0 Å². The number of nitrogens with zero attached hydrogens (tertiary/aromatic N) is 1. The fourth-order valence-corrected chi connectivity index (χ4v) is 3.88. The summed E-state index contributed by atoms with van der Waals surface area (Å²) in [6.45, 7) is 0. The van der Waals surface area contributed by atoms with Gasteiger partial charge in [0.25, 0.3) is 15.6 Å². The largest absolute Gasteiger partial charge is 0.326 e. The van der Waals surface area contributed by atoms with Gasteiger partial charge < -0.3 is 4.98 Å². The standard InChI is InChI=1S/C19H14N4O4S/c24-18-16-11-15(5-6-17(16)21-19(25)22-18)28(26,27)23-14-3-1-12(2-4-14)13-7-9-20-10-8-13/h1-11,23H,(H2,21,22,24,25). The monoisotopic (exact) mass is 394 g/mol. The van der Waals surface area contributed by atoms with Crippen molar-refractivity contribution in [1.82, 2.24) is 15.0 Å².